The Morgan fingerprint density at radius 2 is 2.11 bits per heavy atom. The van der Waals surface area contributed by atoms with Crippen LogP contribution in [0.2, 0.25) is 0 Å². The molecule has 0 saturated carbocycles. The van der Waals surface area contributed by atoms with E-state index in [4.69, 9.17) is 5.73 Å². The smallest absolute Gasteiger partial charge is 0.127 e. The summed E-state index contributed by atoms with van der Waals surface area (Å²) >= 11 is 1.75. The number of aromatic nitrogens is 1. The van der Waals surface area contributed by atoms with Gasteiger partial charge in [-0.05, 0) is 48.7 Å². The van der Waals surface area contributed by atoms with Crippen LogP contribution in [-0.2, 0) is 0 Å². The molecule has 2 aromatic heterocycles. The number of anilines is 2. The molecule has 1 unspecified atom stereocenters. The normalized spacial score (nSPS) is 12.5. The van der Waals surface area contributed by atoms with E-state index < -0.39 is 0 Å². The number of fused-ring (bicyclic) bond motifs is 1. The van der Waals surface area contributed by atoms with E-state index in [9.17, 15) is 0 Å². The van der Waals surface area contributed by atoms with Gasteiger partial charge in [0.15, 0.2) is 0 Å². The zero-order chi connectivity index (χ0) is 13.2. The summed E-state index contributed by atoms with van der Waals surface area (Å²) in [7, 11) is 0. The van der Waals surface area contributed by atoms with Gasteiger partial charge in [-0.25, -0.2) is 4.98 Å². The van der Waals surface area contributed by atoms with Crippen LogP contribution in [0.3, 0.4) is 0 Å². The molecule has 3 rings (SSSR count). The maximum Gasteiger partial charge on any atom is 0.127 e. The van der Waals surface area contributed by atoms with Crippen LogP contribution < -0.4 is 11.1 Å². The average molecular weight is 269 g/mol. The third-order valence-corrected chi connectivity index (χ3v) is 4.10. The molecule has 1 aromatic carbocycles. The van der Waals surface area contributed by atoms with Gasteiger partial charge in [-0.3, -0.25) is 0 Å². The molecule has 0 spiro atoms. The molecule has 3 aromatic rings. The van der Waals surface area contributed by atoms with Crippen molar-refractivity contribution in [1.82, 2.24) is 4.98 Å². The van der Waals surface area contributed by atoms with Crippen molar-refractivity contribution in [3.63, 3.8) is 0 Å². The lowest BCUT2D eigenvalue weighted by atomic mass is 10.2. The Hall–Kier alpha value is -2.07. The molecular weight excluding hydrogens is 254 g/mol. The molecular formula is C15H15N3S. The predicted molar refractivity (Wildman–Crippen MR) is 82.5 cm³/mol. The fourth-order valence-electron chi connectivity index (χ4n) is 2.06. The number of hydrogen-bond acceptors (Lipinski definition) is 4. The second-order valence-corrected chi connectivity index (χ2v) is 5.51. The summed E-state index contributed by atoms with van der Waals surface area (Å²) in [5.74, 6) is 0.887. The van der Waals surface area contributed by atoms with Gasteiger partial charge in [0.25, 0.3) is 0 Å². The topological polar surface area (TPSA) is 50.9 Å². The summed E-state index contributed by atoms with van der Waals surface area (Å²) in [5, 5.41) is 6.57. The molecule has 1 atom stereocenters. The van der Waals surface area contributed by atoms with Gasteiger partial charge in [0, 0.05) is 16.0 Å². The van der Waals surface area contributed by atoms with E-state index >= 15 is 0 Å². The Balaban J connectivity index is 1.87. The molecule has 0 radical (unpaired) electrons. The molecule has 0 bridgehead atoms. The number of rotatable bonds is 3. The van der Waals surface area contributed by atoms with Crippen LogP contribution in [0.4, 0.5) is 11.5 Å². The number of nitrogens with one attached hydrogen (secondary N) is 1. The minimum Gasteiger partial charge on any atom is -0.399 e. The van der Waals surface area contributed by atoms with Gasteiger partial charge >= 0.3 is 0 Å². The third-order valence-electron chi connectivity index (χ3n) is 3.05. The van der Waals surface area contributed by atoms with E-state index in [1.165, 1.54) is 4.88 Å². The summed E-state index contributed by atoms with van der Waals surface area (Å²) in [4.78, 5) is 5.91. The standard InChI is InChI=1S/C15H15N3S/c1-10(14-3-2-8-19-14)17-15-7-4-11-9-12(16)5-6-13(11)18-15/h2-10H,16H2,1H3,(H,17,18). The van der Waals surface area contributed by atoms with E-state index in [2.05, 4.69) is 34.7 Å². The van der Waals surface area contributed by atoms with Crippen LogP contribution in [0.15, 0.2) is 47.8 Å². The Kier molecular flexibility index (Phi) is 3.09. The minimum absolute atomic E-state index is 0.263. The lowest BCUT2D eigenvalue weighted by Gasteiger charge is -2.13. The van der Waals surface area contributed by atoms with Crippen LogP contribution >= 0.6 is 11.3 Å². The van der Waals surface area contributed by atoms with Crippen molar-refractivity contribution >= 4 is 33.7 Å². The van der Waals surface area contributed by atoms with Gasteiger partial charge in [0.05, 0.1) is 11.6 Å². The molecule has 0 aliphatic heterocycles. The number of pyridine rings is 1. The number of nitrogens with two attached hydrogens (primary N) is 1. The quantitative estimate of drug-likeness (QED) is 0.705. The summed E-state index contributed by atoms with van der Waals surface area (Å²) in [6.45, 7) is 2.14. The van der Waals surface area contributed by atoms with E-state index in [1.54, 1.807) is 11.3 Å². The van der Waals surface area contributed by atoms with Crippen LogP contribution in [0.1, 0.15) is 17.8 Å². The molecule has 3 N–H and O–H groups in total. The van der Waals surface area contributed by atoms with Crippen molar-refractivity contribution < 1.29 is 0 Å². The Morgan fingerprint density at radius 1 is 1.21 bits per heavy atom. The molecule has 0 saturated heterocycles. The summed E-state index contributed by atoms with van der Waals surface area (Å²) in [5.41, 5.74) is 7.49. The molecule has 0 fully saturated rings. The van der Waals surface area contributed by atoms with Gasteiger partial charge < -0.3 is 11.1 Å². The Bertz CT molecular complexity index is 692. The molecule has 96 valence electrons. The minimum atomic E-state index is 0.263. The largest absolute Gasteiger partial charge is 0.399 e. The van der Waals surface area contributed by atoms with Crippen molar-refractivity contribution in [3.8, 4) is 0 Å². The first-order valence-electron chi connectivity index (χ1n) is 6.18. The van der Waals surface area contributed by atoms with E-state index in [-0.39, 0.29) is 6.04 Å². The first-order chi connectivity index (χ1) is 9.22. The van der Waals surface area contributed by atoms with Crippen molar-refractivity contribution in [2.24, 2.45) is 0 Å². The lowest BCUT2D eigenvalue weighted by molar-refractivity contribution is 0.899. The summed E-state index contributed by atoms with van der Waals surface area (Å²) in [6.07, 6.45) is 0. The molecule has 0 aliphatic rings. The monoisotopic (exact) mass is 269 g/mol. The SMILES string of the molecule is CC(Nc1ccc2cc(N)ccc2n1)c1cccs1. The predicted octanol–water partition coefficient (Wildman–Crippen LogP) is 4.05. The van der Waals surface area contributed by atoms with Gasteiger partial charge in [-0.1, -0.05) is 6.07 Å². The Labute approximate surface area is 116 Å². The second-order valence-electron chi connectivity index (χ2n) is 4.53. The van der Waals surface area contributed by atoms with Crippen molar-refractivity contribution in [2.45, 2.75) is 13.0 Å². The average Bonchev–Trinajstić information content (AvgIpc) is 2.93. The zero-order valence-corrected chi connectivity index (χ0v) is 11.4. The van der Waals surface area contributed by atoms with Crippen molar-refractivity contribution in [2.75, 3.05) is 11.1 Å². The highest BCUT2D eigenvalue weighted by Gasteiger charge is 2.07. The number of benzene rings is 1. The maximum absolute atomic E-state index is 5.76. The highest BCUT2D eigenvalue weighted by atomic mass is 32.1. The molecule has 2 heterocycles. The summed E-state index contributed by atoms with van der Waals surface area (Å²) < 4.78 is 0. The van der Waals surface area contributed by atoms with E-state index in [0.717, 1.165) is 22.4 Å². The van der Waals surface area contributed by atoms with Crippen molar-refractivity contribution in [1.29, 1.82) is 0 Å². The van der Waals surface area contributed by atoms with Crippen LogP contribution in [0.5, 0.6) is 0 Å². The lowest BCUT2D eigenvalue weighted by Crippen LogP contribution is -2.06. The van der Waals surface area contributed by atoms with Gasteiger partial charge in [0.2, 0.25) is 0 Å². The fraction of sp³-hybridized carbons (Fsp3) is 0.133. The van der Waals surface area contributed by atoms with Gasteiger partial charge in [-0.2, -0.15) is 0 Å². The molecule has 3 nitrogen and oxygen atoms in total. The van der Waals surface area contributed by atoms with Gasteiger partial charge in [0.1, 0.15) is 5.82 Å². The van der Waals surface area contributed by atoms with Gasteiger partial charge in [-0.15, -0.1) is 11.3 Å². The van der Waals surface area contributed by atoms with Crippen LogP contribution in [0.25, 0.3) is 10.9 Å². The zero-order valence-electron chi connectivity index (χ0n) is 10.6. The number of hydrogen-bond donors (Lipinski definition) is 2. The summed E-state index contributed by atoms with van der Waals surface area (Å²) in [6, 6.07) is 14.3. The highest BCUT2D eigenvalue weighted by molar-refractivity contribution is 7.10. The van der Waals surface area contributed by atoms with E-state index in [1.807, 2.05) is 30.3 Å². The number of nitrogens with zero attached hydrogens (tertiary/aromatic N) is 1. The third kappa shape index (κ3) is 2.53. The molecule has 0 amide bonds. The fourth-order valence-corrected chi connectivity index (χ4v) is 2.79. The van der Waals surface area contributed by atoms with Crippen molar-refractivity contribution in [3.05, 3.63) is 52.7 Å². The molecule has 0 aliphatic carbocycles. The van der Waals surface area contributed by atoms with E-state index in [0.29, 0.717) is 0 Å². The number of thiophene rings is 1. The van der Waals surface area contributed by atoms with Crippen LogP contribution in [-0.4, -0.2) is 4.98 Å². The second kappa shape index (κ2) is 4.90. The molecule has 4 heteroatoms. The highest BCUT2D eigenvalue weighted by Crippen LogP contribution is 2.24. The maximum atomic E-state index is 5.76. The first kappa shape index (κ1) is 12.0. The first-order valence-corrected chi connectivity index (χ1v) is 7.06. The number of nitrogen functional groups attached to an aromatic ring is 1. The Morgan fingerprint density at radius 3 is 2.89 bits per heavy atom. The molecule has 19 heavy (non-hydrogen) atoms. The van der Waals surface area contributed by atoms with Crippen LogP contribution in [0, 0.1) is 0 Å².